The average molecular weight is 244 g/mol. The van der Waals surface area contributed by atoms with Gasteiger partial charge in [-0.2, -0.15) is 0 Å². The Morgan fingerprint density at radius 3 is 3.00 bits per heavy atom. The molecule has 2 rings (SSSR count). The molecule has 2 N–H and O–H groups in total. The number of nitrogens with zero attached hydrogens (tertiary/aromatic N) is 1. The van der Waals surface area contributed by atoms with Crippen molar-refractivity contribution in [2.75, 3.05) is 24.6 Å². The van der Waals surface area contributed by atoms with Crippen molar-refractivity contribution in [3.05, 3.63) is 23.8 Å². The Kier molecular flexibility index (Phi) is 3.85. The van der Waals surface area contributed by atoms with Gasteiger partial charge in [0.15, 0.2) is 0 Å². The molecule has 0 unspecified atom stereocenters. The number of ether oxygens (including phenoxy) is 1. The lowest BCUT2D eigenvalue weighted by Crippen LogP contribution is -2.35. The third kappa shape index (κ3) is 2.47. The lowest BCUT2D eigenvalue weighted by Gasteiger charge is -2.28. The third-order valence-corrected chi connectivity index (χ3v) is 2.89. The summed E-state index contributed by atoms with van der Waals surface area (Å²) in [4.78, 5) is 13.4. The summed E-state index contributed by atoms with van der Waals surface area (Å²) in [5.74, 6) is 3.38. The van der Waals surface area contributed by atoms with Crippen LogP contribution < -0.4 is 15.4 Å². The first kappa shape index (κ1) is 12.5. The molecule has 1 aliphatic heterocycles. The van der Waals surface area contributed by atoms with E-state index < -0.39 is 0 Å². The largest absolute Gasteiger partial charge is 0.492 e. The van der Waals surface area contributed by atoms with Gasteiger partial charge in [-0.3, -0.25) is 4.79 Å². The van der Waals surface area contributed by atoms with Gasteiger partial charge < -0.3 is 15.4 Å². The number of aryl methyl sites for hydroxylation is 1. The van der Waals surface area contributed by atoms with Crippen LogP contribution in [0.2, 0.25) is 0 Å². The first-order valence-corrected chi connectivity index (χ1v) is 5.96. The summed E-state index contributed by atoms with van der Waals surface area (Å²) in [6.45, 7) is 1.29. The number of carbonyl (C=O) groups is 1. The van der Waals surface area contributed by atoms with Crippen LogP contribution in [0.4, 0.5) is 5.69 Å². The number of rotatable bonds is 4. The summed E-state index contributed by atoms with van der Waals surface area (Å²) in [6, 6.07) is 5.69. The zero-order chi connectivity index (χ0) is 13.0. The molecule has 1 heterocycles. The lowest BCUT2D eigenvalue weighted by atomic mass is 10.0. The number of amides is 1. The van der Waals surface area contributed by atoms with Gasteiger partial charge in [0.2, 0.25) is 5.91 Å². The molecule has 0 radical (unpaired) electrons. The van der Waals surface area contributed by atoms with E-state index in [1.807, 2.05) is 18.2 Å². The van der Waals surface area contributed by atoms with Crippen LogP contribution in [0.1, 0.15) is 12.0 Å². The molecular weight excluding hydrogens is 228 g/mol. The van der Waals surface area contributed by atoms with Crippen LogP contribution in [-0.4, -0.2) is 25.6 Å². The predicted octanol–water partition coefficient (Wildman–Crippen LogP) is 0.936. The number of hydrogen-bond acceptors (Lipinski definition) is 3. The molecule has 0 aromatic heterocycles. The molecule has 1 amide bonds. The van der Waals surface area contributed by atoms with E-state index >= 15 is 0 Å². The second kappa shape index (κ2) is 5.56. The topological polar surface area (TPSA) is 55.6 Å². The van der Waals surface area contributed by atoms with Crippen LogP contribution in [-0.2, 0) is 11.2 Å². The normalized spacial score (nSPS) is 14.0. The van der Waals surface area contributed by atoms with E-state index in [0.717, 1.165) is 23.4 Å². The molecular formula is C14H16N2O2. The third-order valence-electron chi connectivity index (χ3n) is 2.89. The van der Waals surface area contributed by atoms with Crippen molar-refractivity contribution >= 4 is 11.6 Å². The fraction of sp³-hybridized carbons (Fsp3) is 0.357. The molecule has 0 saturated carbocycles. The summed E-state index contributed by atoms with van der Waals surface area (Å²) in [6.07, 6.45) is 6.52. The number of benzene rings is 1. The molecule has 4 heteroatoms. The van der Waals surface area contributed by atoms with Gasteiger partial charge in [-0.25, -0.2) is 0 Å². The van der Waals surface area contributed by atoms with Crippen LogP contribution in [0.3, 0.4) is 0 Å². The molecule has 4 nitrogen and oxygen atoms in total. The number of hydrogen-bond donors (Lipinski definition) is 1. The molecule has 0 atom stereocenters. The minimum absolute atomic E-state index is 0.0797. The first-order chi connectivity index (χ1) is 8.76. The van der Waals surface area contributed by atoms with Gasteiger partial charge in [0.25, 0.3) is 0 Å². The van der Waals surface area contributed by atoms with Crippen molar-refractivity contribution in [1.29, 1.82) is 0 Å². The van der Waals surface area contributed by atoms with Crippen molar-refractivity contribution in [2.45, 2.75) is 12.8 Å². The number of anilines is 1. The van der Waals surface area contributed by atoms with Crippen LogP contribution >= 0.6 is 0 Å². The Labute approximate surface area is 107 Å². The summed E-state index contributed by atoms with van der Waals surface area (Å²) in [7, 11) is 0. The second-order valence-corrected chi connectivity index (χ2v) is 4.11. The highest BCUT2D eigenvalue weighted by Gasteiger charge is 2.23. The van der Waals surface area contributed by atoms with Crippen LogP contribution in [0.5, 0.6) is 5.75 Å². The molecule has 0 fully saturated rings. The maximum Gasteiger partial charge on any atom is 0.228 e. The van der Waals surface area contributed by atoms with E-state index in [1.54, 1.807) is 4.90 Å². The second-order valence-electron chi connectivity index (χ2n) is 4.11. The van der Waals surface area contributed by atoms with Crippen LogP contribution in [0, 0.1) is 12.3 Å². The van der Waals surface area contributed by atoms with E-state index in [-0.39, 0.29) is 5.91 Å². The molecule has 1 aromatic carbocycles. The van der Waals surface area contributed by atoms with Crippen molar-refractivity contribution in [2.24, 2.45) is 5.73 Å². The van der Waals surface area contributed by atoms with Gasteiger partial charge in [-0.05, 0) is 30.2 Å². The summed E-state index contributed by atoms with van der Waals surface area (Å²) >= 11 is 0. The lowest BCUT2D eigenvalue weighted by molar-refractivity contribution is -0.118. The van der Waals surface area contributed by atoms with Crippen LogP contribution in [0.15, 0.2) is 18.2 Å². The Balaban J connectivity index is 2.26. The Morgan fingerprint density at radius 1 is 1.44 bits per heavy atom. The molecule has 1 aliphatic rings. The molecule has 1 aromatic rings. The average Bonchev–Trinajstić information content (AvgIpc) is 2.39. The minimum atomic E-state index is 0.0797. The van der Waals surface area contributed by atoms with Crippen molar-refractivity contribution in [1.82, 2.24) is 0 Å². The Bertz CT molecular complexity index is 491. The van der Waals surface area contributed by atoms with Gasteiger partial charge in [0.05, 0.1) is 6.54 Å². The monoisotopic (exact) mass is 244 g/mol. The smallest absolute Gasteiger partial charge is 0.228 e. The standard InChI is InChI=1S/C14H16N2O2/c1-2-8-16-13-5-4-12(18-9-7-15)10-11(13)3-6-14(16)17/h1,4-5,10H,3,6-9,15H2. The first-order valence-electron chi connectivity index (χ1n) is 5.96. The number of nitrogens with two attached hydrogens (primary N) is 1. The zero-order valence-electron chi connectivity index (χ0n) is 10.2. The maximum absolute atomic E-state index is 11.8. The Morgan fingerprint density at radius 2 is 2.28 bits per heavy atom. The molecule has 0 aliphatic carbocycles. The molecule has 18 heavy (non-hydrogen) atoms. The van der Waals surface area contributed by atoms with E-state index in [1.165, 1.54) is 0 Å². The highest BCUT2D eigenvalue weighted by molar-refractivity contribution is 5.96. The SMILES string of the molecule is C#CCN1C(=O)CCc2cc(OCCN)ccc21. The van der Waals surface area contributed by atoms with E-state index in [0.29, 0.717) is 26.1 Å². The van der Waals surface area contributed by atoms with Gasteiger partial charge in [0, 0.05) is 18.7 Å². The fourth-order valence-electron chi connectivity index (χ4n) is 2.07. The highest BCUT2D eigenvalue weighted by atomic mass is 16.5. The van der Waals surface area contributed by atoms with Crippen LogP contribution in [0.25, 0.3) is 0 Å². The minimum Gasteiger partial charge on any atom is -0.492 e. The molecule has 0 spiro atoms. The summed E-state index contributed by atoms with van der Waals surface area (Å²) < 4.78 is 5.47. The quantitative estimate of drug-likeness (QED) is 0.802. The number of terminal acetylenes is 1. The molecule has 0 saturated heterocycles. The molecule has 0 bridgehead atoms. The van der Waals surface area contributed by atoms with Crippen molar-refractivity contribution in [3.63, 3.8) is 0 Å². The van der Waals surface area contributed by atoms with E-state index in [4.69, 9.17) is 16.9 Å². The summed E-state index contributed by atoms with van der Waals surface area (Å²) in [5, 5.41) is 0. The molecule has 94 valence electrons. The van der Waals surface area contributed by atoms with Crippen molar-refractivity contribution in [3.8, 4) is 18.1 Å². The van der Waals surface area contributed by atoms with Gasteiger partial charge in [-0.1, -0.05) is 5.92 Å². The van der Waals surface area contributed by atoms with Gasteiger partial charge in [0.1, 0.15) is 12.4 Å². The Hall–Kier alpha value is -1.99. The van der Waals surface area contributed by atoms with Crippen molar-refractivity contribution < 1.29 is 9.53 Å². The van der Waals surface area contributed by atoms with E-state index in [2.05, 4.69) is 5.92 Å². The zero-order valence-corrected chi connectivity index (χ0v) is 10.2. The number of fused-ring (bicyclic) bond motifs is 1. The highest BCUT2D eigenvalue weighted by Crippen LogP contribution is 2.30. The maximum atomic E-state index is 11.8. The summed E-state index contributed by atoms with van der Waals surface area (Å²) in [5.41, 5.74) is 7.38. The van der Waals surface area contributed by atoms with Gasteiger partial charge in [-0.15, -0.1) is 6.42 Å². The van der Waals surface area contributed by atoms with E-state index in [9.17, 15) is 4.79 Å². The number of carbonyl (C=O) groups excluding carboxylic acids is 1. The predicted molar refractivity (Wildman–Crippen MR) is 70.5 cm³/mol. The fourth-order valence-corrected chi connectivity index (χ4v) is 2.07. The van der Waals surface area contributed by atoms with Gasteiger partial charge >= 0.3 is 0 Å².